The van der Waals surface area contributed by atoms with Gasteiger partial charge in [-0.2, -0.15) is 0 Å². The zero-order valence-corrected chi connectivity index (χ0v) is 13.0. The molecule has 1 aliphatic carbocycles. The summed E-state index contributed by atoms with van der Waals surface area (Å²) in [4.78, 5) is 34.2. The van der Waals surface area contributed by atoms with Crippen LogP contribution in [0.25, 0.3) is 0 Å². The van der Waals surface area contributed by atoms with Gasteiger partial charge in [-0.3, -0.25) is 14.9 Å². The number of nitrogens with zero attached hydrogens (tertiary/aromatic N) is 1. The lowest BCUT2D eigenvalue weighted by atomic mass is 10.1. The van der Waals surface area contributed by atoms with Crippen molar-refractivity contribution < 1.29 is 19.2 Å². The van der Waals surface area contributed by atoms with E-state index >= 15 is 0 Å². The highest BCUT2D eigenvalue weighted by Gasteiger charge is 2.26. The lowest BCUT2D eigenvalue weighted by Gasteiger charge is -2.13. The van der Waals surface area contributed by atoms with Crippen molar-refractivity contribution in [1.29, 1.82) is 0 Å². The monoisotopic (exact) mass is 321 g/mol. The predicted octanol–water partition coefficient (Wildman–Crippen LogP) is 1.85. The molecule has 1 amide bonds. The Morgan fingerprint density at radius 3 is 2.70 bits per heavy atom. The van der Waals surface area contributed by atoms with Gasteiger partial charge in [-0.25, -0.2) is 4.79 Å². The first-order chi connectivity index (χ1) is 10.9. The second-order valence-corrected chi connectivity index (χ2v) is 5.35. The Labute approximate surface area is 133 Å². The third-order valence-corrected chi connectivity index (χ3v) is 3.37. The minimum Gasteiger partial charge on any atom is -0.449 e. The number of nitro benzene ring substituents is 1. The summed E-state index contributed by atoms with van der Waals surface area (Å²) in [6.45, 7) is 3.62. The van der Waals surface area contributed by atoms with E-state index in [1.54, 1.807) is 6.92 Å². The maximum Gasteiger partial charge on any atom is 0.339 e. The number of hydrogen-bond donors (Lipinski definition) is 2. The molecule has 0 bridgehead atoms. The van der Waals surface area contributed by atoms with Crippen LogP contribution in [0, 0.1) is 10.1 Å². The van der Waals surface area contributed by atoms with Crippen LogP contribution in [0.1, 0.15) is 37.0 Å². The summed E-state index contributed by atoms with van der Waals surface area (Å²) in [5.74, 6) is -1.19. The summed E-state index contributed by atoms with van der Waals surface area (Å²) >= 11 is 0. The largest absolute Gasteiger partial charge is 0.449 e. The first-order valence-corrected chi connectivity index (χ1v) is 7.46. The van der Waals surface area contributed by atoms with E-state index in [1.165, 1.54) is 19.1 Å². The van der Waals surface area contributed by atoms with Gasteiger partial charge in [-0.05, 0) is 38.8 Å². The maximum absolute atomic E-state index is 12.0. The molecule has 1 fully saturated rings. The summed E-state index contributed by atoms with van der Waals surface area (Å²) < 4.78 is 5.02. The molecule has 2 rings (SSSR count). The average molecular weight is 321 g/mol. The second kappa shape index (κ2) is 7.08. The van der Waals surface area contributed by atoms with Gasteiger partial charge in [0.05, 0.1) is 10.5 Å². The van der Waals surface area contributed by atoms with E-state index in [0.717, 1.165) is 18.9 Å². The molecule has 0 spiro atoms. The van der Waals surface area contributed by atoms with Gasteiger partial charge in [0, 0.05) is 18.7 Å². The zero-order valence-electron chi connectivity index (χ0n) is 13.0. The highest BCUT2D eigenvalue weighted by Crippen LogP contribution is 2.31. The SMILES string of the molecule is CCNC(=O)[C@@H](C)OC(=O)c1ccc(NC2CC2)c([N+](=O)[O-])c1. The highest BCUT2D eigenvalue weighted by molar-refractivity contribution is 5.93. The third-order valence-electron chi connectivity index (χ3n) is 3.37. The summed E-state index contributed by atoms with van der Waals surface area (Å²) in [7, 11) is 0. The standard InChI is InChI=1S/C15H19N3O5/c1-3-16-14(19)9(2)23-15(20)10-4-7-12(17-11-5-6-11)13(8-10)18(21)22/h4,7-9,11,17H,3,5-6H2,1-2H3,(H,16,19)/t9-/m1/s1. The van der Waals surface area contributed by atoms with E-state index < -0.39 is 22.9 Å². The molecule has 1 aliphatic rings. The minimum absolute atomic E-state index is 0.0363. The lowest BCUT2D eigenvalue weighted by Crippen LogP contribution is -2.35. The van der Waals surface area contributed by atoms with Gasteiger partial charge < -0.3 is 15.4 Å². The van der Waals surface area contributed by atoms with Crippen LogP contribution in [0.3, 0.4) is 0 Å². The number of carbonyl (C=O) groups is 2. The van der Waals surface area contributed by atoms with Crippen molar-refractivity contribution in [3.05, 3.63) is 33.9 Å². The number of ether oxygens (including phenoxy) is 1. The number of esters is 1. The average Bonchev–Trinajstić information content (AvgIpc) is 3.31. The van der Waals surface area contributed by atoms with Gasteiger partial charge in [-0.15, -0.1) is 0 Å². The number of nitrogens with one attached hydrogen (secondary N) is 2. The van der Waals surface area contributed by atoms with E-state index in [1.807, 2.05) is 0 Å². The first kappa shape index (κ1) is 16.7. The van der Waals surface area contributed by atoms with Crippen LogP contribution < -0.4 is 10.6 Å². The number of carbonyl (C=O) groups excluding carboxylic acids is 2. The normalized spacial score (nSPS) is 14.7. The molecule has 0 heterocycles. The van der Waals surface area contributed by atoms with Crippen LogP contribution in [-0.4, -0.2) is 35.5 Å². The number of nitro groups is 1. The molecule has 1 aromatic rings. The molecule has 8 nitrogen and oxygen atoms in total. The van der Waals surface area contributed by atoms with Gasteiger partial charge in [0.1, 0.15) is 5.69 Å². The Kier molecular flexibility index (Phi) is 5.15. The number of hydrogen-bond acceptors (Lipinski definition) is 6. The second-order valence-electron chi connectivity index (χ2n) is 5.35. The van der Waals surface area contributed by atoms with Crippen LogP contribution in [0.5, 0.6) is 0 Å². The molecule has 1 saturated carbocycles. The number of likely N-dealkylation sites (N-methyl/N-ethyl adjacent to an activating group) is 1. The number of rotatable bonds is 7. The Balaban J connectivity index is 2.12. The molecule has 0 aromatic heterocycles. The van der Waals surface area contributed by atoms with Crippen molar-refractivity contribution in [3.8, 4) is 0 Å². The van der Waals surface area contributed by atoms with Crippen LogP contribution in [-0.2, 0) is 9.53 Å². The molecule has 0 unspecified atom stereocenters. The highest BCUT2D eigenvalue weighted by atomic mass is 16.6. The third kappa shape index (κ3) is 4.41. The molecule has 2 N–H and O–H groups in total. The Morgan fingerprint density at radius 2 is 2.13 bits per heavy atom. The fourth-order valence-electron chi connectivity index (χ4n) is 1.98. The smallest absolute Gasteiger partial charge is 0.339 e. The van der Waals surface area contributed by atoms with Gasteiger partial charge in [0.15, 0.2) is 6.10 Å². The fraction of sp³-hybridized carbons (Fsp3) is 0.467. The van der Waals surface area contributed by atoms with E-state index in [-0.39, 0.29) is 17.3 Å². The van der Waals surface area contributed by atoms with Crippen LogP contribution in [0.15, 0.2) is 18.2 Å². The van der Waals surface area contributed by atoms with Crippen molar-refractivity contribution in [2.45, 2.75) is 38.8 Å². The molecule has 124 valence electrons. The molecule has 0 aliphatic heterocycles. The molecule has 0 saturated heterocycles. The minimum atomic E-state index is -0.967. The number of anilines is 1. The quantitative estimate of drug-likeness (QED) is 0.450. The molecular weight excluding hydrogens is 302 g/mol. The Hall–Kier alpha value is -2.64. The first-order valence-electron chi connectivity index (χ1n) is 7.46. The van der Waals surface area contributed by atoms with E-state index in [2.05, 4.69) is 10.6 Å². The van der Waals surface area contributed by atoms with Crippen molar-refractivity contribution in [3.63, 3.8) is 0 Å². The summed E-state index contributed by atoms with van der Waals surface area (Å²) in [6.07, 6.45) is 0.987. The predicted molar refractivity (Wildman–Crippen MR) is 83.3 cm³/mol. The van der Waals surface area contributed by atoms with E-state index in [4.69, 9.17) is 4.74 Å². The van der Waals surface area contributed by atoms with Crippen LogP contribution >= 0.6 is 0 Å². The van der Waals surface area contributed by atoms with Gasteiger partial charge in [0.25, 0.3) is 11.6 Å². The fourth-order valence-corrected chi connectivity index (χ4v) is 1.98. The molecule has 1 aromatic carbocycles. The van der Waals surface area contributed by atoms with Crippen molar-refractivity contribution >= 4 is 23.3 Å². The number of amides is 1. The lowest BCUT2D eigenvalue weighted by molar-refractivity contribution is -0.384. The van der Waals surface area contributed by atoms with Crippen LogP contribution in [0.4, 0.5) is 11.4 Å². The van der Waals surface area contributed by atoms with E-state index in [0.29, 0.717) is 12.2 Å². The molecule has 23 heavy (non-hydrogen) atoms. The van der Waals surface area contributed by atoms with Crippen molar-refractivity contribution in [2.24, 2.45) is 0 Å². The molecular formula is C15H19N3O5. The summed E-state index contributed by atoms with van der Waals surface area (Å²) in [5.41, 5.74) is 0.233. The van der Waals surface area contributed by atoms with E-state index in [9.17, 15) is 19.7 Å². The molecule has 1 atom stereocenters. The van der Waals surface area contributed by atoms with Gasteiger partial charge in [-0.1, -0.05) is 0 Å². The maximum atomic E-state index is 12.0. The Morgan fingerprint density at radius 1 is 1.43 bits per heavy atom. The van der Waals surface area contributed by atoms with Crippen molar-refractivity contribution in [2.75, 3.05) is 11.9 Å². The molecule has 0 radical (unpaired) electrons. The zero-order chi connectivity index (χ0) is 17.0. The number of benzene rings is 1. The van der Waals surface area contributed by atoms with Crippen LogP contribution in [0.2, 0.25) is 0 Å². The summed E-state index contributed by atoms with van der Waals surface area (Å²) in [6, 6.07) is 4.36. The summed E-state index contributed by atoms with van der Waals surface area (Å²) in [5, 5.41) is 16.7. The topological polar surface area (TPSA) is 111 Å². The van der Waals surface area contributed by atoms with Gasteiger partial charge >= 0.3 is 5.97 Å². The molecule has 8 heteroatoms. The van der Waals surface area contributed by atoms with Crippen molar-refractivity contribution in [1.82, 2.24) is 5.32 Å². The van der Waals surface area contributed by atoms with Gasteiger partial charge in [0.2, 0.25) is 0 Å². The Bertz CT molecular complexity index is 628.